The van der Waals surface area contributed by atoms with Gasteiger partial charge in [-0.1, -0.05) is 6.08 Å². The van der Waals surface area contributed by atoms with Gasteiger partial charge < -0.3 is 54.3 Å². The van der Waals surface area contributed by atoms with Crippen molar-refractivity contribution in [1.29, 1.82) is 0 Å². The van der Waals surface area contributed by atoms with E-state index in [1.54, 1.807) is 0 Å². The van der Waals surface area contributed by atoms with E-state index < -0.39 is 73.5 Å². The zero-order chi connectivity index (χ0) is 26.9. The van der Waals surface area contributed by atoms with E-state index in [1.165, 1.54) is 30.3 Å². The molecule has 0 aromatic heterocycles. The topological polar surface area (TPSA) is 202 Å². The third-order valence-electron chi connectivity index (χ3n) is 6.56. The first kappa shape index (κ1) is 27.0. The number of phenolic OH excluding ortho intramolecular Hbond substituents is 1. The summed E-state index contributed by atoms with van der Waals surface area (Å²) in [5.74, 6) is -3.37. The fraction of sp³-hybridized carbons (Fsp3) is 0.500. The van der Waals surface area contributed by atoms with E-state index in [1.807, 2.05) is 0 Å². The minimum absolute atomic E-state index is 0.00948. The summed E-state index contributed by atoms with van der Waals surface area (Å²) in [7, 11) is 1.16. The first-order valence-corrected chi connectivity index (χ1v) is 11.4. The Labute approximate surface area is 210 Å². The van der Waals surface area contributed by atoms with Crippen LogP contribution in [0.25, 0.3) is 0 Å². The molecular formula is C24H28O13. The fourth-order valence-electron chi connectivity index (χ4n) is 4.61. The van der Waals surface area contributed by atoms with E-state index in [9.17, 15) is 40.2 Å². The maximum atomic E-state index is 12.5. The van der Waals surface area contributed by atoms with Gasteiger partial charge in [-0.25, -0.2) is 9.59 Å². The average Bonchev–Trinajstić information content (AvgIpc) is 3.24. The normalized spacial score (nSPS) is 35.0. The molecule has 1 aliphatic carbocycles. The lowest BCUT2D eigenvalue weighted by Crippen LogP contribution is -2.60. The first-order valence-electron chi connectivity index (χ1n) is 11.4. The Morgan fingerprint density at radius 2 is 1.65 bits per heavy atom. The van der Waals surface area contributed by atoms with Crippen LogP contribution in [0.2, 0.25) is 0 Å². The summed E-state index contributed by atoms with van der Waals surface area (Å²) in [5.41, 5.74) is 0.483. The van der Waals surface area contributed by atoms with Gasteiger partial charge in [0.25, 0.3) is 0 Å². The summed E-state index contributed by atoms with van der Waals surface area (Å²) in [5, 5.41) is 60.1. The number of esters is 2. The van der Waals surface area contributed by atoms with Gasteiger partial charge in [-0.15, -0.1) is 0 Å². The van der Waals surface area contributed by atoms with Gasteiger partial charge in [0.15, 0.2) is 6.29 Å². The maximum Gasteiger partial charge on any atom is 0.338 e. The zero-order valence-corrected chi connectivity index (χ0v) is 19.6. The highest BCUT2D eigenvalue weighted by molar-refractivity contribution is 5.90. The molecule has 9 atom stereocenters. The van der Waals surface area contributed by atoms with Crippen molar-refractivity contribution in [3.63, 3.8) is 0 Å². The number of ether oxygens (including phenoxy) is 5. The molecule has 4 rings (SSSR count). The number of carbonyl (C=O) groups is 2. The summed E-state index contributed by atoms with van der Waals surface area (Å²) in [6.45, 7) is -1.00. The molecular weight excluding hydrogens is 496 g/mol. The van der Waals surface area contributed by atoms with E-state index >= 15 is 0 Å². The second kappa shape index (κ2) is 11.1. The predicted molar refractivity (Wildman–Crippen MR) is 119 cm³/mol. The molecule has 0 radical (unpaired) electrons. The Kier molecular flexibility index (Phi) is 8.14. The van der Waals surface area contributed by atoms with Crippen LogP contribution in [0.1, 0.15) is 10.4 Å². The highest BCUT2D eigenvalue weighted by Gasteiger charge is 2.52. The monoisotopic (exact) mass is 524 g/mol. The van der Waals surface area contributed by atoms with E-state index in [0.29, 0.717) is 5.57 Å². The summed E-state index contributed by atoms with van der Waals surface area (Å²) in [4.78, 5) is 24.8. The molecule has 13 heteroatoms. The van der Waals surface area contributed by atoms with Crippen molar-refractivity contribution in [2.45, 2.75) is 43.1 Å². The molecule has 0 saturated carbocycles. The van der Waals surface area contributed by atoms with E-state index in [0.717, 1.165) is 13.4 Å². The molecule has 2 aliphatic heterocycles. The molecule has 13 nitrogen and oxygen atoms in total. The number of aromatic hydroxyl groups is 1. The van der Waals surface area contributed by atoms with Crippen LogP contribution in [-0.2, 0) is 28.5 Å². The van der Waals surface area contributed by atoms with Crippen LogP contribution in [0.5, 0.6) is 5.75 Å². The molecule has 1 aromatic carbocycles. The second-order valence-corrected chi connectivity index (χ2v) is 8.81. The van der Waals surface area contributed by atoms with Crippen molar-refractivity contribution in [2.75, 3.05) is 20.3 Å². The van der Waals surface area contributed by atoms with Gasteiger partial charge in [-0.3, -0.25) is 0 Å². The van der Waals surface area contributed by atoms with Crippen LogP contribution < -0.4 is 0 Å². The Balaban J connectivity index is 1.56. The molecule has 0 bridgehead atoms. The number of hydrogen-bond acceptors (Lipinski definition) is 13. The second-order valence-electron chi connectivity index (χ2n) is 8.81. The highest BCUT2D eigenvalue weighted by Crippen LogP contribution is 2.45. The number of hydrogen-bond donors (Lipinski definition) is 6. The molecule has 1 fully saturated rings. The lowest BCUT2D eigenvalue weighted by Gasteiger charge is -2.43. The van der Waals surface area contributed by atoms with Crippen LogP contribution >= 0.6 is 0 Å². The van der Waals surface area contributed by atoms with E-state index in [-0.39, 0.29) is 23.5 Å². The van der Waals surface area contributed by atoms with E-state index in [2.05, 4.69) is 0 Å². The third-order valence-corrected chi connectivity index (χ3v) is 6.56. The van der Waals surface area contributed by atoms with Crippen molar-refractivity contribution in [3.05, 3.63) is 53.3 Å². The molecule has 0 spiro atoms. The fourth-order valence-corrected chi connectivity index (χ4v) is 4.61. The van der Waals surface area contributed by atoms with Crippen molar-refractivity contribution in [1.82, 2.24) is 0 Å². The molecule has 2 heterocycles. The number of aliphatic hydroxyl groups is 5. The van der Waals surface area contributed by atoms with Gasteiger partial charge in [0, 0.05) is 5.92 Å². The number of aliphatic hydroxyl groups excluding tert-OH is 5. The largest absolute Gasteiger partial charge is 0.508 e. The molecule has 6 N–H and O–H groups in total. The summed E-state index contributed by atoms with van der Waals surface area (Å²) < 4.78 is 26.9. The number of rotatable bonds is 7. The molecule has 9 unspecified atom stereocenters. The molecule has 202 valence electrons. The number of methoxy groups -OCH3 is 1. The molecule has 1 saturated heterocycles. The zero-order valence-electron chi connectivity index (χ0n) is 19.6. The van der Waals surface area contributed by atoms with Crippen LogP contribution in [-0.4, -0.2) is 106 Å². The lowest BCUT2D eigenvalue weighted by atomic mass is 9.82. The Morgan fingerprint density at radius 3 is 2.30 bits per heavy atom. The highest BCUT2D eigenvalue weighted by atomic mass is 16.8. The Bertz CT molecular complexity index is 1050. The standard InChI is InChI=1S/C24H28O13/c1-33-22(32)13-9-35-23(37-24-20(30)19(29)18(28)15(7-25)36-24)16-11(6-14(27)17(13)16)8-34-21(31)10-2-4-12(26)5-3-10/h2-6,9,14-20,23-30H,7-8H2,1H3. The van der Waals surface area contributed by atoms with Gasteiger partial charge in [-0.2, -0.15) is 0 Å². The molecule has 1 aromatic rings. The van der Waals surface area contributed by atoms with Crippen LogP contribution in [0.4, 0.5) is 0 Å². The van der Waals surface area contributed by atoms with Crippen molar-refractivity contribution >= 4 is 11.9 Å². The molecule has 37 heavy (non-hydrogen) atoms. The first-order chi connectivity index (χ1) is 17.7. The Morgan fingerprint density at radius 1 is 0.946 bits per heavy atom. The quantitative estimate of drug-likeness (QED) is 0.174. The van der Waals surface area contributed by atoms with Crippen LogP contribution in [0, 0.1) is 11.8 Å². The predicted octanol–water partition coefficient (Wildman–Crippen LogP) is -1.69. The summed E-state index contributed by atoms with van der Waals surface area (Å²) in [6, 6.07) is 5.37. The van der Waals surface area contributed by atoms with Crippen molar-refractivity contribution in [2.24, 2.45) is 11.8 Å². The van der Waals surface area contributed by atoms with Gasteiger partial charge >= 0.3 is 11.9 Å². The van der Waals surface area contributed by atoms with E-state index in [4.69, 9.17) is 23.7 Å². The minimum Gasteiger partial charge on any atom is -0.508 e. The lowest BCUT2D eigenvalue weighted by molar-refractivity contribution is -0.340. The van der Waals surface area contributed by atoms with Crippen LogP contribution in [0.15, 0.2) is 47.7 Å². The van der Waals surface area contributed by atoms with Crippen LogP contribution in [0.3, 0.4) is 0 Å². The summed E-state index contributed by atoms with van der Waals surface area (Å²) >= 11 is 0. The average molecular weight is 524 g/mol. The van der Waals surface area contributed by atoms with Crippen molar-refractivity contribution < 1.29 is 63.9 Å². The van der Waals surface area contributed by atoms with Crippen molar-refractivity contribution in [3.8, 4) is 5.75 Å². The Hall–Kier alpha value is -3.04. The minimum atomic E-state index is -1.73. The third kappa shape index (κ3) is 5.33. The van der Waals surface area contributed by atoms with Gasteiger partial charge in [-0.05, 0) is 29.8 Å². The smallest absolute Gasteiger partial charge is 0.338 e. The number of carbonyl (C=O) groups excluding carboxylic acids is 2. The number of benzene rings is 1. The number of phenols is 1. The van der Waals surface area contributed by atoms with Gasteiger partial charge in [0.2, 0.25) is 6.29 Å². The molecule has 3 aliphatic rings. The SMILES string of the molecule is COC(=O)C1=COC(OC2OC(CO)C(O)C(O)C2O)C2C(COC(=O)c3ccc(O)cc3)=CC(O)C12. The summed E-state index contributed by atoms with van der Waals surface area (Å²) in [6.07, 6.45) is -7.93. The van der Waals surface area contributed by atoms with Gasteiger partial charge in [0.05, 0.1) is 43.1 Å². The van der Waals surface area contributed by atoms with Gasteiger partial charge in [0.1, 0.15) is 36.8 Å². The number of fused-ring (bicyclic) bond motifs is 1. The maximum absolute atomic E-state index is 12.5. The molecule has 0 amide bonds.